The molecule has 0 aliphatic carbocycles. The molecule has 1 aliphatic rings. The van der Waals surface area contributed by atoms with Gasteiger partial charge in [-0.25, -0.2) is 4.98 Å². The van der Waals surface area contributed by atoms with Crippen molar-refractivity contribution in [2.75, 3.05) is 37.9 Å². The van der Waals surface area contributed by atoms with Crippen LogP contribution < -0.4 is 25.4 Å². The highest BCUT2D eigenvalue weighted by atomic mass is 16.5. The summed E-state index contributed by atoms with van der Waals surface area (Å²) in [7, 11) is 3.18. The van der Waals surface area contributed by atoms with E-state index < -0.39 is 5.41 Å². The predicted octanol–water partition coefficient (Wildman–Crippen LogP) is 5.33. The summed E-state index contributed by atoms with van der Waals surface area (Å²) < 4.78 is 10.9. The molecule has 1 saturated heterocycles. The third-order valence-electron chi connectivity index (χ3n) is 8.00. The number of carbonyl (C=O) groups excluding carboxylic acids is 1. The van der Waals surface area contributed by atoms with Crippen LogP contribution in [0.25, 0.3) is 10.9 Å². The molecule has 0 unspecified atom stereocenters. The maximum Gasteiger partial charge on any atom is 0.227 e. The molecule has 1 aromatic heterocycles. The van der Waals surface area contributed by atoms with E-state index in [0.29, 0.717) is 66.5 Å². The number of hydrogen-bond acceptors (Lipinski definition) is 7. The van der Waals surface area contributed by atoms with Gasteiger partial charge in [0.1, 0.15) is 5.82 Å². The minimum atomic E-state index is -0.543. The van der Waals surface area contributed by atoms with Crippen LogP contribution in [0.5, 0.6) is 11.5 Å². The fraction of sp³-hybridized carbons (Fsp3) is 0.344. The molecule has 208 valence electrons. The number of benzene rings is 3. The number of aromatic nitrogens is 2. The Labute approximate surface area is 235 Å². The first-order valence-corrected chi connectivity index (χ1v) is 13.8. The zero-order chi connectivity index (χ0) is 28.1. The molecule has 3 N–H and O–H groups in total. The van der Waals surface area contributed by atoms with Crippen LogP contribution >= 0.6 is 0 Å². The molecule has 8 heteroatoms. The number of nitrogens with two attached hydrogens (primary N) is 1. The van der Waals surface area contributed by atoms with E-state index in [0.717, 1.165) is 17.5 Å². The van der Waals surface area contributed by atoms with Crippen molar-refractivity contribution in [3.8, 4) is 11.5 Å². The van der Waals surface area contributed by atoms with Crippen LogP contribution in [0.2, 0.25) is 0 Å². The first-order valence-electron chi connectivity index (χ1n) is 13.8. The fourth-order valence-corrected chi connectivity index (χ4v) is 5.63. The number of ether oxygens (including phenoxy) is 2. The molecule has 0 radical (unpaired) electrons. The lowest BCUT2D eigenvalue weighted by molar-refractivity contribution is -0.133. The van der Waals surface area contributed by atoms with Crippen LogP contribution in [0.15, 0.2) is 72.8 Å². The fourth-order valence-electron chi connectivity index (χ4n) is 5.63. The highest BCUT2D eigenvalue weighted by Crippen LogP contribution is 2.39. The van der Waals surface area contributed by atoms with Gasteiger partial charge in [0.05, 0.1) is 31.2 Å². The third kappa shape index (κ3) is 5.52. The summed E-state index contributed by atoms with van der Waals surface area (Å²) in [5.74, 6) is 2.20. The van der Waals surface area contributed by atoms with Gasteiger partial charge in [-0.1, -0.05) is 67.6 Å². The first-order chi connectivity index (χ1) is 19.5. The zero-order valence-corrected chi connectivity index (χ0v) is 23.4. The van der Waals surface area contributed by atoms with Crippen molar-refractivity contribution in [3.63, 3.8) is 0 Å². The molecule has 1 aliphatic heterocycles. The van der Waals surface area contributed by atoms with E-state index in [-0.39, 0.29) is 11.9 Å². The number of methoxy groups -OCH3 is 2. The molecule has 3 aromatic carbocycles. The second-order valence-corrected chi connectivity index (χ2v) is 10.4. The van der Waals surface area contributed by atoms with Gasteiger partial charge in [-0.15, -0.1) is 0 Å². The molecule has 0 spiro atoms. The number of fused-ring (bicyclic) bond motifs is 1. The van der Waals surface area contributed by atoms with Crippen LogP contribution in [0, 0.1) is 5.41 Å². The summed E-state index contributed by atoms with van der Waals surface area (Å²) in [4.78, 5) is 25.6. The molecule has 1 amide bonds. The SMILES string of the molecule is CC[C@@H](NC(=O)C1(Cc2ccccc2)CCN(c2nc(N)c3cc(OC)c(OC)cc3n2)CC1)c1ccccc1. The van der Waals surface area contributed by atoms with Crippen LogP contribution in [0.1, 0.15) is 43.4 Å². The van der Waals surface area contributed by atoms with Crippen molar-refractivity contribution in [2.45, 2.75) is 38.6 Å². The van der Waals surface area contributed by atoms with E-state index >= 15 is 0 Å². The van der Waals surface area contributed by atoms with Crippen LogP contribution in [0.3, 0.4) is 0 Å². The number of rotatable bonds is 9. The van der Waals surface area contributed by atoms with Crippen molar-refractivity contribution >= 4 is 28.6 Å². The van der Waals surface area contributed by atoms with Gasteiger partial charge < -0.3 is 25.4 Å². The number of carbonyl (C=O) groups is 1. The Bertz CT molecular complexity index is 1450. The highest BCUT2D eigenvalue weighted by Gasteiger charge is 2.42. The van der Waals surface area contributed by atoms with Crippen molar-refractivity contribution in [1.82, 2.24) is 15.3 Å². The van der Waals surface area contributed by atoms with Crippen molar-refractivity contribution in [1.29, 1.82) is 0 Å². The first kappa shape index (κ1) is 27.2. The van der Waals surface area contributed by atoms with E-state index in [4.69, 9.17) is 20.2 Å². The molecule has 2 heterocycles. The molecular formula is C32H37N5O3. The smallest absolute Gasteiger partial charge is 0.227 e. The summed E-state index contributed by atoms with van der Waals surface area (Å²) >= 11 is 0. The van der Waals surface area contributed by atoms with Gasteiger partial charge in [0, 0.05) is 24.5 Å². The standard InChI is InChI=1S/C32H37N5O3/c1-4-25(23-13-9-6-10-14-23)34-30(38)32(21-22-11-7-5-8-12-22)15-17-37(18-16-32)31-35-26-20-28(40-3)27(39-2)19-24(26)29(33)36-31/h5-14,19-20,25H,4,15-18,21H2,1-3H3,(H,34,38)(H2,33,35,36)/t25-/m1/s1. The second kappa shape index (κ2) is 11.8. The largest absolute Gasteiger partial charge is 0.493 e. The molecule has 1 atom stereocenters. The quantitative estimate of drug-likeness (QED) is 0.297. The molecular weight excluding hydrogens is 502 g/mol. The molecule has 8 nitrogen and oxygen atoms in total. The molecule has 0 saturated carbocycles. The lowest BCUT2D eigenvalue weighted by atomic mass is 9.72. The maximum absolute atomic E-state index is 14.1. The van der Waals surface area contributed by atoms with E-state index in [1.807, 2.05) is 42.5 Å². The molecule has 4 aromatic rings. The zero-order valence-electron chi connectivity index (χ0n) is 23.4. The summed E-state index contributed by atoms with van der Waals surface area (Å²) in [6.45, 7) is 3.39. The lowest BCUT2D eigenvalue weighted by Gasteiger charge is -2.41. The maximum atomic E-state index is 14.1. The van der Waals surface area contributed by atoms with Gasteiger partial charge in [-0.05, 0) is 42.9 Å². The average molecular weight is 540 g/mol. The van der Waals surface area contributed by atoms with Gasteiger partial charge in [0.2, 0.25) is 11.9 Å². The molecule has 0 bridgehead atoms. The minimum Gasteiger partial charge on any atom is -0.493 e. The molecule has 1 fully saturated rings. The number of hydrogen-bond donors (Lipinski definition) is 2. The monoisotopic (exact) mass is 539 g/mol. The average Bonchev–Trinajstić information content (AvgIpc) is 3.00. The Kier molecular flexibility index (Phi) is 8.05. The number of nitrogens with one attached hydrogen (secondary N) is 1. The van der Waals surface area contributed by atoms with Crippen LogP contribution in [-0.4, -0.2) is 43.2 Å². The number of nitrogens with zero attached hydrogens (tertiary/aromatic N) is 3. The number of anilines is 2. The number of amides is 1. The van der Waals surface area contributed by atoms with E-state index in [9.17, 15) is 4.79 Å². The normalized spacial score (nSPS) is 15.4. The second-order valence-electron chi connectivity index (χ2n) is 10.4. The van der Waals surface area contributed by atoms with Gasteiger partial charge in [-0.2, -0.15) is 4.98 Å². The van der Waals surface area contributed by atoms with Gasteiger partial charge >= 0.3 is 0 Å². The Morgan fingerprint density at radius 2 is 1.60 bits per heavy atom. The predicted molar refractivity (Wildman–Crippen MR) is 159 cm³/mol. The van der Waals surface area contributed by atoms with Gasteiger partial charge in [0.25, 0.3) is 0 Å². The Hall–Kier alpha value is -4.33. The van der Waals surface area contributed by atoms with Crippen LogP contribution in [0.4, 0.5) is 11.8 Å². The molecule has 40 heavy (non-hydrogen) atoms. The van der Waals surface area contributed by atoms with Crippen molar-refractivity contribution in [3.05, 3.63) is 83.9 Å². The minimum absolute atomic E-state index is 0.0324. The summed E-state index contributed by atoms with van der Waals surface area (Å²) in [5.41, 5.74) is 8.80. The molecule has 5 rings (SSSR count). The number of nitrogen functional groups attached to an aromatic ring is 1. The van der Waals surface area contributed by atoms with Gasteiger partial charge in [-0.3, -0.25) is 4.79 Å². The number of piperidine rings is 1. The summed E-state index contributed by atoms with van der Waals surface area (Å²) in [5, 5.41) is 4.10. The third-order valence-corrected chi connectivity index (χ3v) is 8.00. The van der Waals surface area contributed by atoms with E-state index in [1.54, 1.807) is 20.3 Å². The van der Waals surface area contributed by atoms with E-state index in [1.165, 1.54) is 0 Å². The summed E-state index contributed by atoms with van der Waals surface area (Å²) in [6, 6.07) is 24.0. The topological polar surface area (TPSA) is 103 Å². The Morgan fingerprint density at radius 1 is 0.975 bits per heavy atom. The Morgan fingerprint density at radius 3 is 2.23 bits per heavy atom. The summed E-state index contributed by atoms with van der Waals surface area (Å²) in [6.07, 6.45) is 2.84. The Balaban J connectivity index is 1.41. The van der Waals surface area contributed by atoms with E-state index in [2.05, 4.69) is 46.4 Å². The van der Waals surface area contributed by atoms with Crippen molar-refractivity contribution in [2.24, 2.45) is 5.41 Å². The van der Waals surface area contributed by atoms with Crippen LogP contribution in [-0.2, 0) is 11.2 Å². The highest BCUT2D eigenvalue weighted by molar-refractivity contribution is 5.92. The lowest BCUT2D eigenvalue weighted by Crippen LogP contribution is -2.51. The van der Waals surface area contributed by atoms with Crippen molar-refractivity contribution < 1.29 is 14.3 Å². The van der Waals surface area contributed by atoms with Gasteiger partial charge in [0.15, 0.2) is 11.5 Å².